The number of methoxy groups -OCH3 is 1. The van der Waals surface area contributed by atoms with Gasteiger partial charge >= 0.3 is 5.97 Å². The van der Waals surface area contributed by atoms with Gasteiger partial charge in [-0.3, -0.25) is 9.97 Å². The molecule has 0 amide bonds. The summed E-state index contributed by atoms with van der Waals surface area (Å²) in [6, 6.07) is 0. The third-order valence-corrected chi connectivity index (χ3v) is 3.51. The highest BCUT2D eigenvalue weighted by molar-refractivity contribution is 9.11. The quantitative estimate of drug-likeness (QED) is 0.746. The molecule has 0 radical (unpaired) electrons. The van der Waals surface area contributed by atoms with Gasteiger partial charge in [0.25, 0.3) is 0 Å². The van der Waals surface area contributed by atoms with Crippen molar-refractivity contribution in [2.75, 3.05) is 7.11 Å². The molecule has 4 nitrogen and oxygen atoms in total. The first kappa shape index (κ1) is 11.5. The molecule has 2 aromatic heterocycles. The standard InChI is InChI=1S/C10H6Br2N2O2/c1-16-10(15)6-3-14-9-5(8(6)12)2-13-4-7(9)11/h2-4H,1H3. The molecule has 0 aliphatic carbocycles. The van der Waals surface area contributed by atoms with Gasteiger partial charge in [0, 0.05) is 28.4 Å². The van der Waals surface area contributed by atoms with Crippen molar-refractivity contribution in [2.45, 2.75) is 0 Å². The molecule has 0 aliphatic heterocycles. The van der Waals surface area contributed by atoms with E-state index < -0.39 is 5.97 Å². The zero-order valence-corrected chi connectivity index (χ0v) is 11.4. The van der Waals surface area contributed by atoms with Gasteiger partial charge < -0.3 is 4.74 Å². The first-order valence-corrected chi connectivity index (χ1v) is 5.89. The Labute approximate surface area is 108 Å². The zero-order valence-electron chi connectivity index (χ0n) is 8.20. The molecule has 0 aromatic carbocycles. The van der Waals surface area contributed by atoms with Gasteiger partial charge in [-0.25, -0.2) is 4.79 Å². The summed E-state index contributed by atoms with van der Waals surface area (Å²) >= 11 is 6.70. The van der Waals surface area contributed by atoms with Crippen LogP contribution in [0.15, 0.2) is 27.5 Å². The van der Waals surface area contributed by atoms with Crippen LogP contribution in [-0.4, -0.2) is 23.0 Å². The van der Waals surface area contributed by atoms with Gasteiger partial charge in [-0.2, -0.15) is 0 Å². The number of carbonyl (C=O) groups is 1. The van der Waals surface area contributed by atoms with Gasteiger partial charge in [-0.15, -0.1) is 0 Å². The lowest BCUT2D eigenvalue weighted by Crippen LogP contribution is -2.03. The molecular formula is C10H6Br2N2O2. The Hall–Kier alpha value is -1.01. The smallest absolute Gasteiger partial charge is 0.340 e. The molecule has 0 saturated heterocycles. The monoisotopic (exact) mass is 344 g/mol. The number of pyridine rings is 2. The third-order valence-electron chi connectivity index (χ3n) is 2.07. The van der Waals surface area contributed by atoms with Crippen LogP contribution < -0.4 is 0 Å². The van der Waals surface area contributed by atoms with E-state index in [9.17, 15) is 4.79 Å². The number of rotatable bonds is 1. The molecule has 0 bridgehead atoms. The first-order valence-electron chi connectivity index (χ1n) is 4.31. The van der Waals surface area contributed by atoms with Crippen LogP contribution in [-0.2, 0) is 4.74 Å². The Morgan fingerprint density at radius 1 is 1.31 bits per heavy atom. The molecule has 0 aliphatic rings. The third kappa shape index (κ3) is 1.82. The highest BCUT2D eigenvalue weighted by Crippen LogP contribution is 2.29. The lowest BCUT2D eigenvalue weighted by Gasteiger charge is -2.05. The Bertz CT molecular complexity index is 572. The number of nitrogens with zero attached hydrogens (tertiary/aromatic N) is 2. The van der Waals surface area contributed by atoms with Crippen LogP contribution >= 0.6 is 31.9 Å². The molecule has 2 rings (SSSR count). The van der Waals surface area contributed by atoms with Crippen LogP contribution in [0.4, 0.5) is 0 Å². The number of hydrogen-bond acceptors (Lipinski definition) is 4. The summed E-state index contributed by atoms with van der Waals surface area (Å²) in [6.07, 6.45) is 4.77. The number of fused-ring (bicyclic) bond motifs is 1. The van der Waals surface area contributed by atoms with Crippen LogP contribution in [0.3, 0.4) is 0 Å². The first-order chi connectivity index (χ1) is 7.65. The molecule has 2 heterocycles. The highest BCUT2D eigenvalue weighted by atomic mass is 79.9. The predicted molar refractivity (Wildman–Crippen MR) is 66.3 cm³/mol. The lowest BCUT2D eigenvalue weighted by molar-refractivity contribution is 0.0599. The number of esters is 1. The summed E-state index contributed by atoms with van der Waals surface area (Å²) in [5, 5.41) is 0.761. The maximum absolute atomic E-state index is 11.4. The van der Waals surface area contributed by atoms with E-state index in [1.54, 1.807) is 12.4 Å². The summed E-state index contributed by atoms with van der Waals surface area (Å²) < 4.78 is 6.07. The molecule has 82 valence electrons. The lowest BCUT2D eigenvalue weighted by atomic mass is 10.2. The van der Waals surface area contributed by atoms with Crippen LogP contribution in [0, 0.1) is 0 Å². The van der Waals surface area contributed by atoms with Crippen LogP contribution in [0.5, 0.6) is 0 Å². The Balaban J connectivity index is 2.75. The molecule has 16 heavy (non-hydrogen) atoms. The summed E-state index contributed by atoms with van der Waals surface area (Å²) in [5.74, 6) is -0.429. The van der Waals surface area contributed by atoms with E-state index in [0.29, 0.717) is 10.0 Å². The molecule has 0 fully saturated rings. The maximum Gasteiger partial charge on any atom is 0.340 e. The average Bonchev–Trinajstić information content (AvgIpc) is 2.30. The fourth-order valence-electron chi connectivity index (χ4n) is 1.30. The predicted octanol–water partition coefficient (Wildman–Crippen LogP) is 2.94. The van der Waals surface area contributed by atoms with E-state index in [4.69, 9.17) is 0 Å². The number of hydrogen-bond donors (Lipinski definition) is 0. The molecule has 0 spiro atoms. The normalized spacial score (nSPS) is 10.4. The highest BCUT2D eigenvalue weighted by Gasteiger charge is 2.14. The van der Waals surface area contributed by atoms with Crippen LogP contribution in [0.25, 0.3) is 10.9 Å². The van der Waals surface area contributed by atoms with Crippen LogP contribution in [0.2, 0.25) is 0 Å². The van der Waals surface area contributed by atoms with Gasteiger partial charge in [0.1, 0.15) is 0 Å². The number of ether oxygens (including phenoxy) is 1. The summed E-state index contributed by atoms with van der Waals surface area (Å²) in [6.45, 7) is 0. The molecule has 0 N–H and O–H groups in total. The second-order valence-electron chi connectivity index (χ2n) is 2.99. The van der Waals surface area contributed by atoms with Crippen molar-refractivity contribution in [1.29, 1.82) is 0 Å². The minimum atomic E-state index is -0.429. The van der Waals surface area contributed by atoms with E-state index in [1.807, 2.05) is 0 Å². The SMILES string of the molecule is COC(=O)c1cnc2c(Br)cncc2c1Br. The number of carbonyl (C=O) groups excluding carboxylic acids is 1. The maximum atomic E-state index is 11.4. The van der Waals surface area contributed by atoms with Crippen molar-refractivity contribution >= 4 is 48.7 Å². The van der Waals surface area contributed by atoms with Gasteiger partial charge in [0.15, 0.2) is 0 Å². The topological polar surface area (TPSA) is 52.1 Å². The second kappa shape index (κ2) is 4.47. The molecule has 0 saturated carbocycles. The van der Waals surface area contributed by atoms with Crippen molar-refractivity contribution in [3.8, 4) is 0 Å². The Morgan fingerprint density at radius 3 is 2.75 bits per heavy atom. The van der Waals surface area contributed by atoms with Gasteiger partial charge in [-0.05, 0) is 31.9 Å². The van der Waals surface area contributed by atoms with E-state index in [-0.39, 0.29) is 0 Å². The van der Waals surface area contributed by atoms with Crippen molar-refractivity contribution in [3.05, 3.63) is 33.1 Å². The van der Waals surface area contributed by atoms with Gasteiger partial charge in [0.2, 0.25) is 0 Å². The minimum Gasteiger partial charge on any atom is -0.465 e. The zero-order chi connectivity index (χ0) is 11.7. The van der Waals surface area contributed by atoms with Crippen molar-refractivity contribution in [1.82, 2.24) is 9.97 Å². The van der Waals surface area contributed by atoms with Crippen molar-refractivity contribution in [2.24, 2.45) is 0 Å². The summed E-state index contributed by atoms with van der Waals surface area (Å²) in [4.78, 5) is 19.7. The fourth-order valence-corrected chi connectivity index (χ4v) is 2.29. The van der Waals surface area contributed by atoms with Crippen molar-refractivity contribution in [3.63, 3.8) is 0 Å². The molecule has 0 atom stereocenters. The molecule has 6 heteroatoms. The van der Waals surface area contributed by atoms with E-state index in [2.05, 4.69) is 46.6 Å². The summed E-state index contributed by atoms with van der Waals surface area (Å²) in [7, 11) is 1.33. The number of halogens is 2. The molecular weight excluding hydrogens is 340 g/mol. The number of aromatic nitrogens is 2. The van der Waals surface area contributed by atoms with Crippen molar-refractivity contribution < 1.29 is 9.53 Å². The van der Waals surface area contributed by atoms with Gasteiger partial charge in [-0.1, -0.05) is 0 Å². The van der Waals surface area contributed by atoms with Gasteiger partial charge in [0.05, 0.1) is 22.7 Å². The largest absolute Gasteiger partial charge is 0.465 e. The van der Waals surface area contributed by atoms with E-state index in [1.165, 1.54) is 13.3 Å². The average molecular weight is 346 g/mol. The fraction of sp³-hybridized carbons (Fsp3) is 0.100. The second-order valence-corrected chi connectivity index (χ2v) is 4.64. The van der Waals surface area contributed by atoms with E-state index in [0.717, 1.165) is 15.4 Å². The molecule has 0 unspecified atom stereocenters. The van der Waals surface area contributed by atoms with E-state index >= 15 is 0 Å². The Morgan fingerprint density at radius 2 is 2.06 bits per heavy atom. The Kier molecular flexibility index (Phi) is 3.20. The summed E-state index contributed by atoms with van der Waals surface area (Å²) in [5.41, 5.74) is 1.13. The molecule has 2 aromatic rings. The minimum absolute atomic E-state index is 0.384. The van der Waals surface area contributed by atoms with Crippen LogP contribution in [0.1, 0.15) is 10.4 Å².